The molecule has 0 atom stereocenters. The Bertz CT molecular complexity index is 793. The van der Waals surface area contributed by atoms with E-state index in [-0.39, 0.29) is 18.4 Å². The number of hydrogen-bond donors (Lipinski definition) is 2. The first-order valence-electron chi connectivity index (χ1n) is 9.56. The lowest BCUT2D eigenvalue weighted by Crippen LogP contribution is -2.27. The molecular weight excluding hydrogens is 338 g/mol. The molecule has 1 aliphatic rings. The fraction of sp³-hybridized carbons (Fsp3) is 0.364. The second-order valence-electron chi connectivity index (χ2n) is 7.22. The molecule has 0 aromatic heterocycles. The summed E-state index contributed by atoms with van der Waals surface area (Å²) in [5, 5.41) is 6.08. The molecule has 0 spiro atoms. The SMILES string of the molecule is CC(C)c1ccccc1NC(=O)CNc1ccc(C(=O)N2CCCC2)cc1. The lowest BCUT2D eigenvalue weighted by atomic mass is 10.0. The average molecular weight is 365 g/mol. The molecule has 142 valence electrons. The van der Waals surface area contributed by atoms with Gasteiger partial charge in [-0.05, 0) is 54.7 Å². The Morgan fingerprint density at radius 2 is 1.67 bits per heavy atom. The number of likely N-dealkylation sites (tertiary alicyclic amines) is 1. The highest BCUT2D eigenvalue weighted by atomic mass is 16.2. The normalized spacial score (nSPS) is 13.7. The first-order chi connectivity index (χ1) is 13.0. The zero-order valence-corrected chi connectivity index (χ0v) is 16.0. The smallest absolute Gasteiger partial charge is 0.253 e. The monoisotopic (exact) mass is 365 g/mol. The van der Waals surface area contributed by atoms with Crippen LogP contribution in [-0.4, -0.2) is 36.3 Å². The zero-order chi connectivity index (χ0) is 19.2. The molecule has 1 saturated heterocycles. The molecule has 27 heavy (non-hydrogen) atoms. The van der Waals surface area contributed by atoms with E-state index in [9.17, 15) is 9.59 Å². The Hall–Kier alpha value is -2.82. The fourth-order valence-corrected chi connectivity index (χ4v) is 3.32. The summed E-state index contributed by atoms with van der Waals surface area (Å²) < 4.78 is 0. The lowest BCUT2D eigenvalue weighted by Gasteiger charge is -2.16. The highest BCUT2D eigenvalue weighted by molar-refractivity contribution is 5.96. The second-order valence-corrected chi connectivity index (χ2v) is 7.22. The summed E-state index contributed by atoms with van der Waals surface area (Å²) in [6.45, 7) is 6.07. The summed E-state index contributed by atoms with van der Waals surface area (Å²) in [5.41, 5.74) is 3.49. The van der Waals surface area contributed by atoms with E-state index in [1.807, 2.05) is 53.4 Å². The lowest BCUT2D eigenvalue weighted by molar-refractivity contribution is -0.114. The molecule has 5 nitrogen and oxygen atoms in total. The van der Waals surface area contributed by atoms with E-state index < -0.39 is 0 Å². The van der Waals surface area contributed by atoms with Crippen molar-refractivity contribution in [3.8, 4) is 0 Å². The number of carbonyl (C=O) groups excluding carboxylic acids is 2. The van der Waals surface area contributed by atoms with Gasteiger partial charge in [-0.15, -0.1) is 0 Å². The molecule has 2 amide bonds. The van der Waals surface area contributed by atoms with Crippen molar-refractivity contribution < 1.29 is 9.59 Å². The van der Waals surface area contributed by atoms with Crippen LogP contribution in [0.2, 0.25) is 0 Å². The number of nitrogens with zero attached hydrogens (tertiary/aromatic N) is 1. The van der Waals surface area contributed by atoms with Crippen LogP contribution in [-0.2, 0) is 4.79 Å². The van der Waals surface area contributed by atoms with Gasteiger partial charge in [0.25, 0.3) is 5.91 Å². The van der Waals surface area contributed by atoms with Crippen LogP contribution in [0.3, 0.4) is 0 Å². The van der Waals surface area contributed by atoms with Crippen molar-refractivity contribution in [2.75, 3.05) is 30.3 Å². The van der Waals surface area contributed by atoms with E-state index in [1.165, 1.54) is 0 Å². The molecule has 2 aromatic rings. The third-order valence-electron chi connectivity index (χ3n) is 4.84. The summed E-state index contributed by atoms with van der Waals surface area (Å²) >= 11 is 0. The van der Waals surface area contributed by atoms with Gasteiger partial charge in [0.05, 0.1) is 6.54 Å². The van der Waals surface area contributed by atoms with Crippen LogP contribution in [0.15, 0.2) is 48.5 Å². The molecule has 2 N–H and O–H groups in total. The predicted octanol–water partition coefficient (Wildman–Crippen LogP) is 4.10. The van der Waals surface area contributed by atoms with Gasteiger partial charge in [-0.2, -0.15) is 0 Å². The molecule has 0 radical (unpaired) electrons. The zero-order valence-electron chi connectivity index (χ0n) is 16.0. The molecule has 1 heterocycles. The molecule has 0 unspecified atom stereocenters. The van der Waals surface area contributed by atoms with Crippen LogP contribution in [0.25, 0.3) is 0 Å². The molecule has 1 fully saturated rings. The average Bonchev–Trinajstić information content (AvgIpc) is 3.21. The number of carbonyl (C=O) groups is 2. The van der Waals surface area contributed by atoms with Gasteiger partial charge in [0.15, 0.2) is 0 Å². The first-order valence-corrected chi connectivity index (χ1v) is 9.56. The van der Waals surface area contributed by atoms with Gasteiger partial charge < -0.3 is 15.5 Å². The number of amides is 2. The number of hydrogen-bond acceptors (Lipinski definition) is 3. The van der Waals surface area contributed by atoms with Gasteiger partial charge in [-0.1, -0.05) is 32.0 Å². The van der Waals surface area contributed by atoms with Gasteiger partial charge in [0.2, 0.25) is 5.91 Å². The maximum atomic E-state index is 12.4. The molecule has 0 saturated carbocycles. The quantitative estimate of drug-likeness (QED) is 0.810. The van der Waals surface area contributed by atoms with Crippen LogP contribution in [0, 0.1) is 0 Å². The Labute approximate surface area is 160 Å². The van der Waals surface area contributed by atoms with Crippen molar-refractivity contribution in [3.05, 3.63) is 59.7 Å². The summed E-state index contributed by atoms with van der Waals surface area (Å²) in [7, 11) is 0. The van der Waals surface area contributed by atoms with E-state index in [4.69, 9.17) is 0 Å². The van der Waals surface area contributed by atoms with Gasteiger partial charge in [0.1, 0.15) is 0 Å². The highest BCUT2D eigenvalue weighted by Crippen LogP contribution is 2.23. The summed E-state index contributed by atoms with van der Waals surface area (Å²) in [6, 6.07) is 15.2. The Morgan fingerprint density at radius 3 is 2.33 bits per heavy atom. The van der Waals surface area contributed by atoms with Crippen molar-refractivity contribution >= 4 is 23.2 Å². The van der Waals surface area contributed by atoms with E-state index in [0.29, 0.717) is 11.5 Å². The number of para-hydroxylation sites is 1. The van der Waals surface area contributed by atoms with Crippen LogP contribution in [0.5, 0.6) is 0 Å². The molecule has 3 rings (SSSR count). The minimum absolute atomic E-state index is 0.0853. The molecule has 5 heteroatoms. The van der Waals surface area contributed by atoms with Gasteiger partial charge in [-0.25, -0.2) is 0 Å². The highest BCUT2D eigenvalue weighted by Gasteiger charge is 2.19. The summed E-state index contributed by atoms with van der Waals surface area (Å²) in [6.07, 6.45) is 2.17. The molecular formula is C22H27N3O2. The summed E-state index contributed by atoms with van der Waals surface area (Å²) in [5.74, 6) is 0.331. The number of anilines is 2. The minimum atomic E-state index is -0.0969. The standard InChI is InChI=1S/C22H27N3O2/c1-16(2)19-7-3-4-8-20(19)24-21(26)15-23-18-11-9-17(10-12-18)22(27)25-13-5-6-14-25/h3-4,7-12,16,23H,5-6,13-15H2,1-2H3,(H,24,26). The molecule has 0 aliphatic carbocycles. The molecule has 2 aromatic carbocycles. The Balaban J connectivity index is 1.54. The van der Waals surface area contributed by atoms with E-state index in [1.54, 1.807) is 0 Å². The summed E-state index contributed by atoms with van der Waals surface area (Å²) in [4.78, 5) is 26.5. The van der Waals surface area contributed by atoms with Crippen molar-refractivity contribution in [2.24, 2.45) is 0 Å². The van der Waals surface area contributed by atoms with Crippen molar-refractivity contribution in [1.29, 1.82) is 0 Å². The largest absolute Gasteiger partial charge is 0.376 e. The van der Waals surface area contributed by atoms with Crippen LogP contribution in [0.1, 0.15) is 48.5 Å². The van der Waals surface area contributed by atoms with E-state index >= 15 is 0 Å². The van der Waals surface area contributed by atoms with E-state index in [0.717, 1.165) is 42.9 Å². The number of benzene rings is 2. The second kappa shape index (κ2) is 8.71. The van der Waals surface area contributed by atoms with Crippen molar-refractivity contribution in [1.82, 2.24) is 4.90 Å². The van der Waals surface area contributed by atoms with Gasteiger partial charge >= 0.3 is 0 Å². The van der Waals surface area contributed by atoms with Gasteiger partial charge in [-0.3, -0.25) is 9.59 Å². The van der Waals surface area contributed by atoms with Crippen LogP contribution < -0.4 is 10.6 Å². The van der Waals surface area contributed by atoms with Crippen molar-refractivity contribution in [2.45, 2.75) is 32.6 Å². The number of nitrogens with one attached hydrogen (secondary N) is 2. The fourth-order valence-electron chi connectivity index (χ4n) is 3.32. The maximum absolute atomic E-state index is 12.4. The first kappa shape index (κ1) is 19.0. The third kappa shape index (κ3) is 4.88. The predicted molar refractivity (Wildman–Crippen MR) is 109 cm³/mol. The Kier molecular flexibility index (Phi) is 6.12. The third-order valence-corrected chi connectivity index (χ3v) is 4.84. The topological polar surface area (TPSA) is 61.4 Å². The van der Waals surface area contributed by atoms with Crippen LogP contribution >= 0.6 is 0 Å². The minimum Gasteiger partial charge on any atom is -0.376 e. The molecule has 1 aliphatic heterocycles. The van der Waals surface area contributed by atoms with Crippen molar-refractivity contribution in [3.63, 3.8) is 0 Å². The van der Waals surface area contributed by atoms with E-state index in [2.05, 4.69) is 24.5 Å². The van der Waals surface area contributed by atoms with Crippen LogP contribution in [0.4, 0.5) is 11.4 Å². The molecule has 0 bridgehead atoms. The number of rotatable bonds is 6. The van der Waals surface area contributed by atoms with Gasteiger partial charge in [0, 0.05) is 30.0 Å². The Morgan fingerprint density at radius 1 is 1.00 bits per heavy atom. The maximum Gasteiger partial charge on any atom is 0.253 e.